The minimum absolute atomic E-state index is 0. The predicted octanol–water partition coefficient (Wildman–Crippen LogP) is 0.753. The number of aromatic hydroxyl groups is 2. The van der Waals surface area contributed by atoms with Crippen LogP contribution in [0.1, 0.15) is 11.6 Å². The predicted molar refractivity (Wildman–Crippen MR) is 60.6 cm³/mol. The monoisotopic (exact) mass is 230 g/mol. The summed E-state index contributed by atoms with van der Waals surface area (Å²) in [6.45, 7) is 2.75. The highest BCUT2D eigenvalue weighted by Gasteiger charge is 2.15. The highest BCUT2D eigenvalue weighted by Crippen LogP contribution is 2.27. The van der Waals surface area contributed by atoms with E-state index >= 15 is 0 Å². The molecule has 0 aromatic heterocycles. The van der Waals surface area contributed by atoms with Crippen molar-refractivity contribution in [1.29, 1.82) is 0 Å². The molecule has 0 radical (unpaired) electrons. The zero-order valence-electron chi connectivity index (χ0n) is 8.23. The fourth-order valence-corrected chi connectivity index (χ4v) is 1.65. The Balaban J connectivity index is 0.00000112. The summed E-state index contributed by atoms with van der Waals surface area (Å²) >= 11 is 0. The number of halogens is 1. The molecule has 1 aromatic carbocycles. The largest absolute Gasteiger partial charge is 0.504 e. The van der Waals surface area contributed by atoms with Gasteiger partial charge in [0, 0.05) is 25.7 Å². The molecule has 0 saturated carbocycles. The van der Waals surface area contributed by atoms with E-state index in [1.54, 1.807) is 6.07 Å². The molecule has 4 nitrogen and oxygen atoms in total. The molecule has 15 heavy (non-hydrogen) atoms. The van der Waals surface area contributed by atoms with E-state index in [2.05, 4.69) is 10.6 Å². The van der Waals surface area contributed by atoms with Crippen molar-refractivity contribution in [3.05, 3.63) is 23.8 Å². The maximum absolute atomic E-state index is 9.33. The standard InChI is InChI=1S/C10H14N2O2.ClH/c13-9-2-1-7(5-10(9)14)8-6-11-3-4-12-8;/h1-2,5,8,11-14H,3-4,6H2;1H/t8-;/m0./s1. The molecule has 2 rings (SSSR count). The van der Waals surface area contributed by atoms with Gasteiger partial charge in [-0.05, 0) is 17.7 Å². The van der Waals surface area contributed by atoms with Crippen molar-refractivity contribution < 1.29 is 10.2 Å². The van der Waals surface area contributed by atoms with E-state index in [1.165, 1.54) is 6.07 Å². The maximum Gasteiger partial charge on any atom is 0.157 e. The van der Waals surface area contributed by atoms with Gasteiger partial charge in [-0.3, -0.25) is 0 Å². The number of piperazine rings is 1. The molecule has 0 unspecified atom stereocenters. The molecule has 84 valence electrons. The highest BCUT2D eigenvalue weighted by molar-refractivity contribution is 5.85. The van der Waals surface area contributed by atoms with Gasteiger partial charge in [0.05, 0.1) is 0 Å². The zero-order valence-corrected chi connectivity index (χ0v) is 9.05. The molecule has 4 N–H and O–H groups in total. The van der Waals surface area contributed by atoms with E-state index in [-0.39, 0.29) is 29.9 Å². The number of phenolic OH excluding ortho intramolecular Hbond substituents is 2. The molecule has 1 atom stereocenters. The lowest BCUT2D eigenvalue weighted by atomic mass is 10.0. The lowest BCUT2D eigenvalue weighted by Crippen LogP contribution is -2.42. The first-order chi connectivity index (χ1) is 6.77. The number of hydrogen-bond acceptors (Lipinski definition) is 4. The Morgan fingerprint density at radius 2 is 1.93 bits per heavy atom. The van der Waals surface area contributed by atoms with Gasteiger partial charge in [-0.2, -0.15) is 0 Å². The van der Waals surface area contributed by atoms with Crippen molar-refractivity contribution in [2.75, 3.05) is 19.6 Å². The Hall–Kier alpha value is -0.970. The van der Waals surface area contributed by atoms with Gasteiger partial charge in [0.2, 0.25) is 0 Å². The first-order valence-corrected chi connectivity index (χ1v) is 4.73. The van der Waals surface area contributed by atoms with Gasteiger partial charge in [0.25, 0.3) is 0 Å². The average Bonchev–Trinajstić information content (AvgIpc) is 2.23. The molecular weight excluding hydrogens is 216 g/mol. The van der Waals surface area contributed by atoms with Crippen LogP contribution in [0.25, 0.3) is 0 Å². The van der Waals surface area contributed by atoms with Crippen LogP contribution in [0.3, 0.4) is 0 Å². The summed E-state index contributed by atoms with van der Waals surface area (Å²) in [6, 6.07) is 5.15. The third kappa shape index (κ3) is 2.75. The van der Waals surface area contributed by atoms with Crippen LogP contribution in [0, 0.1) is 0 Å². The minimum Gasteiger partial charge on any atom is -0.504 e. The van der Waals surface area contributed by atoms with Crippen LogP contribution in [0.5, 0.6) is 11.5 Å². The third-order valence-electron chi connectivity index (χ3n) is 2.44. The van der Waals surface area contributed by atoms with Gasteiger partial charge < -0.3 is 20.8 Å². The molecule has 1 fully saturated rings. The van der Waals surface area contributed by atoms with Crippen LogP contribution in [0.2, 0.25) is 0 Å². The topological polar surface area (TPSA) is 64.5 Å². The summed E-state index contributed by atoms with van der Waals surface area (Å²) in [5.74, 6) is -0.132. The van der Waals surface area contributed by atoms with Crippen LogP contribution in [0.4, 0.5) is 0 Å². The Morgan fingerprint density at radius 1 is 1.13 bits per heavy atom. The summed E-state index contributed by atoms with van der Waals surface area (Å²) < 4.78 is 0. The van der Waals surface area contributed by atoms with E-state index < -0.39 is 0 Å². The molecule has 1 aliphatic heterocycles. The Kier molecular flexibility index (Phi) is 4.20. The smallest absolute Gasteiger partial charge is 0.157 e. The number of rotatable bonds is 1. The van der Waals surface area contributed by atoms with E-state index in [1.807, 2.05) is 6.07 Å². The second-order valence-electron chi connectivity index (χ2n) is 3.46. The van der Waals surface area contributed by atoms with Gasteiger partial charge in [-0.25, -0.2) is 0 Å². The molecule has 1 aliphatic rings. The molecule has 0 amide bonds. The van der Waals surface area contributed by atoms with Crippen molar-refractivity contribution in [3.8, 4) is 11.5 Å². The first kappa shape index (κ1) is 12.1. The summed E-state index contributed by atoms with van der Waals surface area (Å²) in [5.41, 5.74) is 0.993. The average molecular weight is 231 g/mol. The number of phenols is 2. The first-order valence-electron chi connectivity index (χ1n) is 4.73. The summed E-state index contributed by atoms with van der Waals surface area (Å²) in [4.78, 5) is 0. The maximum atomic E-state index is 9.33. The number of nitrogens with one attached hydrogen (secondary N) is 2. The van der Waals surface area contributed by atoms with Crippen LogP contribution in [-0.2, 0) is 0 Å². The molecule has 1 heterocycles. The van der Waals surface area contributed by atoms with E-state index in [0.29, 0.717) is 0 Å². The van der Waals surface area contributed by atoms with Crippen molar-refractivity contribution in [2.24, 2.45) is 0 Å². The fraction of sp³-hybridized carbons (Fsp3) is 0.400. The molecule has 0 spiro atoms. The van der Waals surface area contributed by atoms with Crippen LogP contribution in [-0.4, -0.2) is 29.8 Å². The molecule has 1 aromatic rings. The van der Waals surface area contributed by atoms with Crippen molar-refractivity contribution in [3.63, 3.8) is 0 Å². The van der Waals surface area contributed by atoms with Crippen molar-refractivity contribution in [1.82, 2.24) is 10.6 Å². The molecule has 5 heteroatoms. The Morgan fingerprint density at radius 3 is 2.53 bits per heavy atom. The van der Waals surface area contributed by atoms with E-state index in [0.717, 1.165) is 25.2 Å². The molecular formula is C10H15ClN2O2. The highest BCUT2D eigenvalue weighted by atomic mass is 35.5. The summed E-state index contributed by atoms with van der Waals surface area (Å²) in [7, 11) is 0. The third-order valence-corrected chi connectivity index (χ3v) is 2.44. The SMILES string of the molecule is Cl.Oc1ccc([C@@H]2CNCCN2)cc1O. The lowest BCUT2D eigenvalue weighted by molar-refractivity contribution is 0.397. The summed E-state index contributed by atoms with van der Waals surface area (Å²) in [6.07, 6.45) is 0. The van der Waals surface area contributed by atoms with E-state index in [9.17, 15) is 5.11 Å². The van der Waals surface area contributed by atoms with Crippen molar-refractivity contribution in [2.45, 2.75) is 6.04 Å². The van der Waals surface area contributed by atoms with Gasteiger partial charge in [-0.15, -0.1) is 12.4 Å². The van der Waals surface area contributed by atoms with E-state index in [4.69, 9.17) is 5.11 Å². The fourth-order valence-electron chi connectivity index (χ4n) is 1.65. The summed E-state index contributed by atoms with van der Waals surface area (Å²) in [5, 5.41) is 25.1. The van der Waals surface area contributed by atoms with Gasteiger partial charge in [0.1, 0.15) is 0 Å². The number of benzene rings is 1. The lowest BCUT2D eigenvalue weighted by Gasteiger charge is -2.24. The van der Waals surface area contributed by atoms with Gasteiger partial charge in [0.15, 0.2) is 11.5 Å². The van der Waals surface area contributed by atoms with Gasteiger partial charge >= 0.3 is 0 Å². The molecule has 1 saturated heterocycles. The van der Waals surface area contributed by atoms with Gasteiger partial charge in [-0.1, -0.05) is 6.07 Å². The second kappa shape index (κ2) is 5.21. The molecule has 0 bridgehead atoms. The molecule has 0 aliphatic carbocycles. The Labute approximate surface area is 94.7 Å². The number of hydrogen-bond donors (Lipinski definition) is 4. The second-order valence-corrected chi connectivity index (χ2v) is 3.46. The quantitative estimate of drug-likeness (QED) is 0.538. The minimum atomic E-state index is -0.0717. The van der Waals surface area contributed by atoms with Crippen molar-refractivity contribution >= 4 is 12.4 Å². The normalized spacial score (nSPS) is 20.7. The zero-order chi connectivity index (χ0) is 9.97. The van der Waals surface area contributed by atoms with Crippen LogP contribution < -0.4 is 10.6 Å². The Bertz CT molecular complexity index is 327. The van der Waals surface area contributed by atoms with Crippen LogP contribution >= 0.6 is 12.4 Å². The van der Waals surface area contributed by atoms with Crippen LogP contribution in [0.15, 0.2) is 18.2 Å².